The quantitative estimate of drug-likeness (QED) is 0.756. The number of nitrogens with one attached hydrogen (secondary N) is 1. The van der Waals surface area contributed by atoms with E-state index in [1.54, 1.807) is 11.3 Å². The lowest BCUT2D eigenvalue weighted by atomic mass is 10.1. The van der Waals surface area contributed by atoms with Crippen molar-refractivity contribution in [2.24, 2.45) is 0 Å². The van der Waals surface area contributed by atoms with E-state index in [4.69, 9.17) is 4.42 Å². The maximum absolute atomic E-state index is 5.67. The number of hydrogen-bond acceptors (Lipinski definition) is 5. The predicted molar refractivity (Wildman–Crippen MR) is 84.1 cm³/mol. The largest absolute Gasteiger partial charge is 0.419 e. The van der Waals surface area contributed by atoms with E-state index >= 15 is 0 Å². The number of thiophene rings is 1. The molecule has 1 N–H and O–H groups in total. The van der Waals surface area contributed by atoms with E-state index in [0.717, 1.165) is 12.0 Å². The summed E-state index contributed by atoms with van der Waals surface area (Å²) in [6.45, 7) is 2.75. The smallest absolute Gasteiger partial charge is 0.247 e. The van der Waals surface area contributed by atoms with Crippen LogP contribution in [0.4, 0.5) is 0 Å². The molecular weight excluding hydrogens is 282 g/mol. The molecule has 0 saturated heterocycles. The molecule has 4 nitrogen and oxygen atoms in total. The van der Waals surface area contributed by atoms with Crippen LogP contribution in [0.1, 0.15) is 18.4 Å². The van der Waals surface area contributed by atoms with E-state index in [9.17, 15) is 0 Å². The molecule has 2 aromatic heterocycles. The molecule has 0 bridgehead atoms. The Morgan fingerprint density at radius 1 is 1.19 bits per heavy atom. The molecule has 1 atom stereocenters. The topological polar surface area (TPSA) is 51.0 Å². The first-order valence-electron chi connectivity index (χ1n) is 6.93. The molecule has 3 aromatic rings. The third-order valence-electron chi connectivity index (χ3n) is 3.21. The van der Waals surface area contributed by atoms with Crippen LogP contribution in [-0.2, 0) is 13.0 Å². The van der Waals surface area contributed by atoms with E-state index in [1.165, 1.54) is 5.56 Å². The van der Waals surface area contributed by atoms with Crippen LogP contribution in [0.15, 0.2) is 51.6 Å². The fourth-order valence-electron chi connectivity index (χ4n) is 2.12. The highest BCUT2D eigenvalue weighted by atomic mass is 32.1. The third-order valence-corrected chi connectivity index (χ3v) is 3.94. The Balaban J connectivity index is 1.55. The second-order valence-electron chi connectivity index (χ2n) is 4.98. The first-order valence-corrected chi connectivity index (χ1v) is 7.88. The van der Waals surface area contributed by atoms with Crippen molar-refractivity contribution in [1.29, 1.82) is 0 Å². The van der Waals surface area contributed by atoms with Crippen LogP contribution in [0, 0.1) is 0 Å². The molecule has 0 amide bonds. The lowest BCUT2D eigenvalue weighted by molar-refractivity contribution is 0.448. The van der Waals surface area contributed by atoms with Gasteiger partial charge in [-0.1, -0.05) is 18.2 Å². The van der Waals surface area contributed by atoms with Crippen LogP contribution >= 0.6 is 11.3 Å². The molecule has 0 aliphatic rings. The fourth-order valence-corrected chi connectivity index (χ4v) is 2.80. The summed E-state index contributed by atoms with van der Waals surface area (Å²) < 4.78 is 5.67. The summed E-state index contributed by atoms with van der Waals surface area (Å²) in [5.74, 6) is 1.18. The van der Waals surface area contributed by atoms with Crippen molar-refractivity contribution in [3.63, 3.8) is 0 Å². The molecule has 5 heteroatoms. The summed E-state index contributed by atoms with van der Waals surface area (Å²) in [5.41, 5.74) is 2.30. The fraction of sp³-hybridized carbons (Fsp3) is 0.250. The molecular formula is C16H17N3OS. The molecule has 1 aromatic carbocycles. The summed E-state index contributed by atoms with van der Waals surface area (Å²) in [6, 6.07) is 12.3. The van der Waals surface area contributed by atoms with Gasteiger partial charge in [0.1, 0.15) is 0 Å². The molecule has 0 radical (unpaired) electrons. The highest BCUT2D eigenvalue weighted by Crippen LogP contribution is 2.17. The zero-order valence-electron chi connectivity index (χ0n) is 11.8. The zero-order valence-corrected chi connectivity index (χ0v) is 12.6. The maximum Gasteiger partial charge on any atom is 0.247 e. The molecule has 3 rings (SSSR count). The Morgan fingerprint density at radius 2 is 2.05 bits per heavy atom. The van der Waals surface area contributed by atoms with Crippen LogP contribution in [0.3, 0.4) is 0 Å². The average Bonchev–Trinajstić information content (AvgIpc) is 3.17. The van der Waals surface area contributed by atoms with Gasteiger partial charge in [-0.2, -0.15) is 11.3 Å². The number of benzene rings is 1. The summed E-state index contributed by atoms with van der Waals surface area (Å²) >= 11 is 1.73. The molecule has 0 fully saturated rings. The average molecular weight is 299 g/mol. The Morgan fingerprint density at radius 3 is 2.81 bits per heavy atom. The predicted octanol–water partition coefficient (Wildman–Crippen LogP) is 3.52. The van der Waals surface area contributed by atoms with Gasteiger partial charge < -0.3 is 9.73 Å². The summed E-state index contributed by atoms with van der Waals surface area (Å²) in [7, 11) is 0. The first kappa shape index (κ1) is 14.0. The SMILES string of the molecule is CC(Cc1ccsc1)NCc1nnc(-c2ccccc2)o1. The van der Waals surface area contributed by atoms with Crippen molar-refractivity contribution >= 4 is 11.3 Å². The lowest BCUT2D eigenvalue weighted by Gasteiger charge is -2.10. The summed E-state index contributed by atoms with van der Waals surface area (Å²) in [4.78, 5) is 0. The van der Waals surface area contributed by atoms with Crippen LogP contribution in [0.5, 0.6) is 0 Å². The van der Waals surface area contributed by atoms with Crippen molar-refractivity contribution in [2.75, 3.05) is 0 Å². The van der Waals surface area contributed by atoms with Gasteiger partial charge in [0.2, 0.25) is 11.8 Å². The standard InChI is InChI=1S/C16H17N3OS/c1-12(9-13-7-8-21-11-13)17-10-15-18-19-16(20-15)14-5-3-2-4-6-14/h2-8,11-12,17H,9-10H2,1H3. The van der Waals surface area contributed by atoms with Crippen molar-refractivity contribution in [3.8, 4) is 11.5 Å². The molecule has 0 saturated carbocycles. The zero-order chi connectivity index (χ0) is 14.5. The second-order valence-corrected chi connectivity index (χ2v) is 5.76. The van der Waals surface area contributed by atoms with Gasteiger partial charge >= 0.3 is 0 Å². The van der Waals surface area contributed by atoms with Gasteiger partial charge in [-0.25, -0.2) is 0 Å². The Bertz CT molecular complexity index is 664. The Kier molecular flexibility index (Phi) is 4.43. The van der Waals surface area contributed by atoms with E-state index in [1.807, 2.05) is 30.3 Å². The van der Waals surface area contributed by atoms with E-state index in [0.29, 0.717) is 24.4 Å². The minimum atomic E-state index is 0.367. The molecule has 108 valence electrons. The van der Waals surface area contributed by atoms with Crippen molar-refractivity contribution < 1.29 is 4.42 Å². The lowest BCUT2D eigenvalue weighted by Crippen LogP contribution is -2.27. The summed E-state index contributed by atoms with van der Waals surface area (Å²) in [6.07, 6.45) is 1.00. The number of nitrogens with zero attached hydrogens (tertiary/aromatic N) is 2. The van der Waals surface area contributed by atoms with E-state index in [-0.39, 0.29) is 0 Å². The van der Waals surface area contributed by atoms with Gasteiger partial charge in [-0.3, -0.25) is 0 Å². The van der Waals surface area contributed by atoms with E-state index < -0.39 is 0 Å². The van der Waals surface area contributed by atoms with Crippen LogP contribution in [0.2, 0.25) is 0 Å². The minimum Gasteiger partial charge on any atom is -0.419 e. The normalized spacial score (nSPS) is 12.4. The highest BCUT2D eigenvalue weighted by molar-refractivity contribution is 7.07. The van der Waals surface area contributed by atoms with Crippen LogP contribution in [0.25, 0.3) is 11.5 Å². The van der Waals surface area contributed by atoms with Crippen LogP contribution in [-0.4, -0.2) is 16.2 Å². The van der Waals surface area contributed by atoms with Gasteiger partial charge in [0.05, 0.1) is 6.54 Å². The Hall–Kier alpha value is -1.98. The van der Waals surface area contributed by atoms with Crippen LogP contribution < -0.4 is 5.32 Å². The minimum absolute atomic E-state index is 0.367. The van der Waals surface area contributed by atoms with Gasteiger partial charge in [0, 0.05) is 11.6 Å². The number of hydrogen-bond donors (Lipinski definition) is 1. The first-order chi connectivity index (χ1) is 10.3. The third kappa shape index (κ3) is 3.77. The number of aromatic nitrogens is 2. The maximum atomic E-state index is 5.67. The van der Waals surface area contributed by atoms with Crippen molar-refractivity contribution in [2.45, 2.75) is 25.9 Å². The van der Waals surface area contributed by atoms with Gasteiger partial charge in [-0.05, 0) is 47.9 Å². The molecule has 0 spiro atoms. The molecule has 2 heterocycles. The second kappa shape index (κ2) is 6.65. The Labute approximate surface area is 127 Å². The molecule has 21 heavy (non-hydrogen) atoms. The monoisotopic (exact) mass is 299 g/mol. The van der Waals surface area contributed by atoms with Gasteiger partial charge in [0.15, 0.2) is 0 Å². The number of rotatable bonds is 6. The molecule has 1 unspecified atom stereocenters. The summed E-state index contributed by atoms with van der Waals surface area (Å²) in [5, 5.41) is 15.9. The van der Waals surface area contributed by atoms with Gasteiger partial charge in [0.25, 0.3) is 0 Å². The van der Waals surface area contributed by atoms with Gasteiger partial charge in [-0.15, -0.1) is 10.2 Å². The highest BCUT2D eigenvalue weighted by Gasteiger charge is 2.09. The van der Waals surface area contributed by atoms with Crippen molar-refractivity contribution in [3.05, 3.63) is 58.6 Å². The molecule has 0 aliphatic carbocycles. The van der Waals surface area contributed by atoms with Crippen molar-refractivity contribution in [1.82, 2.24) is 15.5 Å². The molecule has 0 aliphatic heterocycles. The van der Waals surface area contributed by atoms with E-state index in [2.05, 4.69) is 39.3 Å².